The summed E-state index contributed by atoms with van der Waals surface area (Å²) >= 11 is 1.67. The standard InChI is InChI=1S/C31H39BN2O5S/c1-19(35)31(6)12-9-13-34(31)28(36)24-18-22(26-10-8-15-40-26)27-21-17-23(32-38-29(2,3)30(4,5)39-32)25(37-7)16-20(21)11-14-33(24)27/h8,10,15-19,35H,9,11-14H2,1-7H3/t19-,31-/m1/s1. The maximum Gasteiger partial charge on any atom is 0.498 e. The van der Waals surface area contributed by atoms with Gasteiger partial charge in [0.15, 0.2) is 0 Å². The second-order valence-corrected chi connectivity index (χ2v) is 13.6. The van der Waals surface area contributed by atoms with Gasteiger partial charge in [-0.3, -0.25) is 4.79 Å². The molecule has 0 aliphatic carbocycles. The van der Waals surface area contributed by atoms with Gasteiger partial charge >= 0.3 is 7.12 Å². The smallest absolute Gasteiger partial charge is 0.497 e. The predicted octanol–water partition coefficient (Wildman–Crippen LogP) is 5.12. The Morgan fingerprint density at radius 1 is 1.10 bits per heavy atom. The number of thiophene rings is 1. The molecule has 1 aromatic carbocycles. The molecule has 1 N–H and O–H groups in total. The molecule has 5 heterocycles. The van der Waals surface area contributed by atoms with E-state index in [9.17, 15) is 9.90 Å². The number of aryl methyl sites for hydroxylation is 1. The maximum atomic E-state index is 14.2. The number of hydrogen-bond acceptors (Lipinski definition) is 6. The molecule has 0 unspecified atom stereocenters. The number of benzene rings is 1. The largest absolute Gasteiger partial charge is 0.498 e. The number of ether oxygens (including phenoxy) is 1. The van der Waals surface area contributed by atoms with E-state index in [2.05, 4.69) is 61.9 Å². The number of aliphatic hydroxyl groups excluding tert-OH is 1. The van der Waals surface area contributed by atoms with Crippen molar-refractivity contribution in [3.05, 3.63) is 47.0 Å². The highest BCUT2D eigenvalue weighted by Crippen LogP contribution is 2.44. The molecule has 2 atom stereocenters. The molecular formula is C31H39BN2O5S. The molecule has 40 heavy (non-hydrogen) atoms. The number of rotatable bonds is 5. The van der Waals surface area contributed by atoms with Crippen molar-refractivity contribution in [2.75, 3.05) is 13.7 Å². The Balaban J connectivity index is 1.51. The van der Waals surface area contributed by atoms with Gasteiger partial charge in [0.25, 0.3) is 5.91 Å². The van der Waals surface area contributed by atoms with E-state index in [1.165, 1.54) is 5.56 Å². The molecule has 2 saturated heterocycles. The second kappa shape index (κ2) is 9.48. The van der Waals surface area contributed by atoms with E-state index >= 15 is 0 Å². The predicted molar refractivity (Wildman–Crippen MR) is 160 cm³/mol. The van der Waals surface area contributed by atoms with E-state index in [0.717, 1.165) is 52.2 Å². The van der Waals surface area contributed by atoms with Gasteiger partial charge in [0.05, 0.1) is 35.6 Å². The van der Waals surface area contributed by atoms with Crippen LogP contribution in [-0.4, -0.2) is 64.1 Å². The van der Waals surface area contributed by atoms with Crippen LogP contribution in [0.1, 0.15) is 70.4 Å². The number of carbonyl (C=O) groups is 1. The molecule has 2 aromatic heterocycles. The monoisotopic (exact) mass is 562 g/mol. The molecule has 0 spiro atoms. The molecule has 1 amide bonds. The fourth-order valence-corrected chi connectivity index (χ4v) is 7.13. The normalized spacial score (nSPS) is 23.7. The summed E-state index contributed by atoms with van der Waals surface area (Å²) in [6.45, 7) is 13.3. The molecule has 0 bridgehead atoms. The molecule has 2 fully saturated rings. The van der Waals surface area contributed by atoms with Crippen molar-refractivity contribution >= 4 is 29.8 Å². The molecule has 6 rings (SSSR count). The Bertz CT molecular complexity index is 1440. The van der Waals surface area contributed by atoms with Gasteiger partial charge in [-0.1, -0.05) is 6.07 Å². The van der Waals surface area contributed by atoms with Crippen molar-refractivity contribution in [3.63, 3.8) is 0 Å². The first-order chi connectivity index (χ1) is 18.9. The Morgan fingerprint density at radius 3 is 2.45 bits per heavy atom. The summed E-state index contributed by atoms with van der Waals surface area (Å²) in [5, 5.41) is 12.7. The van der Waals surface area contributed by atoms with E-state index in [0.29, 0.717) is 18.8 Å². The van der Waals surface area contributed by atoms with Gasteiger partial charge < -0.3 is 28.6 Å². The zero-order chi connectivity index (χ0) is 28.6. The minimum absolute atomic E-state index is 0.0203. The van der Waals surface area contributed by atoms with Crippen LogP contribution in [0.3, 0.4) is 0 Å². The molecule has 3 aliphatic heterocycles. The lowest BCUT2D eigenvalue weighted by Crippen LogP contribution is -2.52. The van der Waals surface area contributed by atoms with Gasteiger partial charge in [-0.05, 0) is 96.0 Å². The first-order valence-corrected chi connectivity index (χ1v) is 15.1. The Hall–Kier alpha value is -2.59. The van der Waals surface area contributed by atoms with Crippen LogP contribution < -0.4 is 10.2 Å². The Morgan fingerprint density at radius 2 is 1.82 bits per heavy atom. The van der Waals surface area contributed by atoms with E-state index in [4.69, 9.17) is 14.0 Å². The van der Waals surface area contributed by atoms with Gasteiger partial charge in [0.1, 0.15) is 11.4 Å². The number of nitrogens with zero attached hydrogens (tertiary/aromatic N) is 2. The van der Waals surface area contributed by atoms with E-state index in [1.54, 1.807) is 25.4 Å². The average Bonchev–Trinajstić information content (AvgIpc) is 3.68. The summed E-state index contributed by atoms with van der Waals surface area (Å²) in [4.78, 5) is 17.2. The molecule has 0 saturated carbocycles. The van der Waals surface area contributed by atoms with E-state index in [1.807, 2.05) is 17.9 Å². The number of aromatic nitrogens is 1. The number of fused-ring (bicyclic) bond motifs is 3. The third-order valence-corrected chi connectivity index (χ3v) is 10.7. The first-order valence-electron chi connectivity index (χ1n) is 14.2. The number of amides is 1. The summed E-state index contributed by atoms with van der Waals surface area (Å²) < 4.78 is 20.9. The van der Waals surface area contributed by atoms with Gasteiger partial charge in [-0.15, -0.1) is 11.3 Å². The highest BCUT2D eigenvalue weighted by atomic mass is 32.1. The molecule has 0 radical (unpaired) electrons. The second-order valence-electron chi connectivity index (χ2n) is 12.6. The van der Waals surface area contributed by atoms with Gasteiger partial charge in [0.2, 0.25) is 0 Å². The third-order valence-electron chi connectivity index (χ3n) is 9.75. The van der Waals surface area contributed by atoms with Crippen molar-refractivity contribution in [1.82, 2.24) is 9.47 Å². The zero-order valence-electron chi connectivity index (χ0n) is 24.5. The summed E-state index contributed by atoms with van der Waals surface area (Å²) in [5.74, 6) is 0.726. The van der Waals surface area contributed by atoms with E-state index in [-0.39, 0.29) is 5.91 Å². The molecule has 9 heteroatoms. The quantitative estimate of drug-likeness (QED) is 0.437. The topological polar surface area (TPSA) is 73.2 Å². The highest BCUT2D eigenvalue weighted by Gasteiger charge is 2.53. The number of methoxy groups -OCH3 is 1. The summed E-state index contributed by atoms with van der Waals surface area (Å²) in [5.41, 5.74) is 4.31. The van der Waals surface area contributed by atoms with Crippen molar-refractivity contribution in [3.8, 4) is 27.4 Å². The van der Waals surface area contributed by atoms with Gasteiger partial charge in [-0.2, -0.15) is 0 Å². The molecule has 3 aromatic rings. The van der Waals surface area contributed by atoms with Crippen LogP contribution in [0.15, 0.2) is 35.7 Å². The van der Waals surface area contributed by atoms with Crippen LogP contribution >= 0.6 is 11.3 Å². The molecule has 7 nitrogen and oxygen atoms in total. The van der Waals surface area contributed by atoms with Crippen LogP contribution in [0.2, 0.25) is 0 Å². The lowest BCUT2D eigenvalue weighted by Gasteiger charge is -2.38. The highest BCUT2D eigenvalue weighted by molar-refractivity contribution is 7.13. The number of carbonyl (C=O) groups excluding carboxylic acids is 1. The summed E-state index contributed by atoms with van der Waals surface area (Å²) in [6, 6.07) is 10.5. The maximum absolute atomic E-state index is 14.2. The fourth-order valence-electron chi connectivity index (χ4n) is 6.39. The van der Waals surface area contributed by atoms with Crippen molar-refractivity contribution in [1.29, 1.82) is 0 Å². The lowest BCUT2D eigenvalue weighted by molar-refractivity contribution is 0.00578. The van der Waals surface area contributed by atoms with Crippen LogP contribution in [-0.2, 0) is 22.3 Å². The van der Waals surface area contributed by atoms with Crippen molar-refractivity contribution in [2.24, 2.45) is 0 Å². The molecular weight excluding hydrogens is 523 g/mol. The van der Waals surface area contributed by atoms with Crippen molar-refractivity contribution in [2.45, 2.75) is 90.2 Å². The van der Waals surface area contributed by atoms with Crippen LogP contribution in [0.5, 0.6) is 5.75 Å². The number of likely N-dealkylation sites (tertiary alicyclic amines) is 1. The average molecular weight is 563 g/mol. The minimum atomic E-state index is -0.609. The van der Waals surface area contributed by atoms with Gasteiger partial charge in [-0.25, -0.2) is 0 Å². The lowest BCUT2D eigenvalue weighted by atomic mass is 9.75. The van der Waals surface area contributed by atoms with E-state index < -0.39 is 30.0 Å². The SMILES string of the molecule is COc1cc2c(cc1B1OC(C)(C)C(C)(C)O1)-c1c(-c3cccs3)cc(C(=O)N3CCC[C@]3(C)[C@@H](C)O)n1CC2. The Kier molecular flexibility index (Phi) is 6.54. The Labute approximate surface area is 241 Å². The summed E-state index contributed by atoms with van der Waals surface area (Å²) in [7, 11) is 1.11. The third kappa shape index (κ3) is 4.08. The van der Waals surface area contributed by atoms with Crippen LogP contribution in [0.4, 0.5) is 0 Å². The molecule has 212 valence electrons. The number of hydrogen-bond donors (Lipinski definition) is 1. The van der Waals surface area contributed by atoms with Crippen LogP contribution in [0, 0.1) is 0 Å². The zero-order valence-corrected chi connectivity index (χ0v) is 25.4. The summed E-state index contributed by atoms with van der Waals surface area (Å²) in [6.07, 6.45) is 1.84. The van der Waals surface area contributed by atoms with Crippen molar-refractivity contribution < 1.29 is 23.9 Å². The minimum Gasteiger partial charge on any atom is -0.497 e. The first kappa shape index (κ1) is 27.6. The fraction of sp³-hybridized carbons (Fsp3) is 0.516. The number of aliphatic hydroxyl groups is 1. The molecule has 3 aliphatic rings. The van der Waals surface area contributed by atoms with Crippen LogP contribution in [0.25, 0.3) is 21.7 Å². The van der Waals surface area contributed by atoms with Gasteiger partial charge in [0, 0.05) is 34.6 Å².